The highest BCUT2D eigenvalue weighted by molar-refractivity contribution is 7.89. The molecule has 1 unspecified atom stereocenters. The van der Waals surface area contributed by atoms with E-state index >= 15 is 0 Å². The van der Waals surface area contributed by atoms with E-state index in [1.165, 1.54) is 35.6 Å². The molecule has 0 aliphatic carbocycles. The highest BCUT2D eigenvalue weighted by Gasteiger charge is 2.25. The molecule has 0 fully saturated rings. The van der Waals surface area contributed by atoms with E-state index in [9.17, 15) is 18.0 Å². The van der Waals surface area contributed by atoms with Crippen molar-refractivity contribution in [2.45, 2.75) is 64.1 Å². The molecule has 0 aromatic heterocycles. The smallest absolute Gasteiger partial charge is 0.251 e. The van der Waals surface area contributed by atoms with Crippen molar-refractivity contribution < 1.29 is 18.0 Å². The second kappa shape index (κ2) is 8.18. The quantitative estimate of drug-likeness (QED) is 0.782. The Kier molecular flexibility index (Phi) is 6.95. The number of carbonyl (C=O) groups excluding carboxylic acids is 2. The number of benzene rings is 1. The lowest BCUT2D eigenvalue weighted by atomic mass is 10.1. The van der Waals surface area contributed by atoms with Crippen LogP contribution in [0, 0.1) is 0 Å². The molecule has 0 bridgehead atoms. The summed E-state index contributed by atoms with van der Waals surface area (Å²) in [4.78, 5) is 24.5. The normalized spacial score (nSPS) is 13.6. The first-order valence-corrected chi connectivity index (χ1v) is 9.90. The van der Waals surface area contributed by atoms with E-state index in [0.29, 0.717) is 0 Å². The van der Waals surface area contributed by atoms with Crippen LogP contribution in [0.3, 0.4) is 0 Å². The molecule has 1 atom stereocenters. The van der Waals surface area contributed by atoms with Crippen LogP contribution in [-0.4, -0.2) is 49.2 Å². The van der Waals surface area contributed by atoms with Crippen LogP contribution in [0.1, 0.15) is 51.9 Å². The van der Waals surface area contributed by atoms with E-state index in [1.807, 2.05) is 20.8 Å². The lowest BCUT2D eigenvalue weighted by Gasteiger charge is -2.24. The summed E-state index contributed by atoms with van der Waals surface area (Å²) in [6.45, 7) is 10.6. The molecule has 1 rings (SSSR count). The lowest BCUT2D eigenvalue weighted by Crippen LogP contribution is -2.50. The monoisotopic (exact) mass is 383 g/mol. The summed E-state index contributed by atoms with van der Waals surface area (Å²) in [7, 11) is -2.20. The number of nitrogens with one attached hydrogen (secondary N) is 2. The van der Waals surface area contributed by atoms with Gasteiger partial charge < -0.3 is 10.6 Å². The van der Waals surface area contributed by atoms with Crippen LogP contribution in [-0.2, 0) is 14.8 Å². The van der Waals surface area contributed by atoms with Crippen LogP contribution in [0.4, 0.5) is 0 Å². The van der Waals surface area contributed by atoms with Gasteiger partial charge in [0.15, 0.2) is 0 Å². The summed E-state index contributed by atoms with van der Waals surface area (Å²) in [5.41, 5.74) is -0.232. The molecule has 1 aromatic rings. The maximum atomic E-state index is 12.6. The molecular weight excluding hydrogens is 354 g/mol. The van der Waals surface area contributed by atoms with Crippen molar-refractivity contribution in [3.63, 3.8) is 0 Å². The van der Waals surface area contributed by atoms with Gasteiger partial charge in [0, 0.05) is 24.2 Å². The Hall–Kier alpha value is -1.93. The van der Waals surface area contributed by atoms with Crippen molar-refractivity contribution in [1.82, 2.24) is 14.9 Å². The van der Waals surface area contributed by atoms with E-state index in [-0.39, 0.29) is 22.4 Å². The van der Waals surface area contributed by atoms with Crippen molar-refractivity contribution in [3.05, 3.63) is 29.8 Å². The molecule has 0 radical (unpaired) electrons. The van der Waals surface area contributed by atoms with Gasteiger partial charge in [-0.25, -0.2) is 8.42 Å². The molecule has 146 valence electrons. The van der Waals surface area contributed by atoms with Gasteiger partial charge in [-0.3, -0.25) is 9.59 Å². The minimum absolute atomic E-state index is 0.0353. The minimum Gasteiger partial charge on any atom is -0.350 e. The van der Waals surface area contributed by atoms with E-state index in [2.05, 4.69) is 10.6 Å². The van der Waals surface area contributed by atoms with Crippen molar-refractivity contribution in [1.29, 1.82) is 0 Å². The average Bonchev–Trinajstić information content (AvgIpc) is 2.52. The molecule has 2 N–H and O–H groups in total. The highest BCUT2D eigenvalue weighted by Crippen LogP contribution is 2.18. The summed E-state index contributed by atoms with van der Waals surface area (Å²) in [6.07, 6.45) is 0. The summed E-state index contributed by atoms with van der Waals surface area (Å²) in [5.74, 6) is -0.819. The summed E-state index contributed by atoms with van der Waals surface area (Å²) in [5, 5.41) is 5.37. The topological polar surface area (TPSA) is 95.6 Å². The molecule has 0 heterocycles. The fourth-order valence-corrected chi connectivity index (χ4v) is 3.48. The highest BCUT2D eigenvalue weighted by atomic mass is 32.2. The molecule has 0 saturated heterocycles. The first kappa shape index (κ1) is 22.1. The van der Waals surface area contributed by atoms with Crippen molar-refractivity contribution in [2.75, 3.05) is 7.05 Å². The molecule has 0 spiro atoms. The third kappa shape index (κ3) is 5.81. The second-order valence-electron chi connectivity index (χ2n) is 7.58. The zero-order valence-electron chi connectivity index (χ0n) is 16.5. The number of rotatable bonds is 6. The third-order valence-corrected chi connectivity index (χ3v) is 5.77. The standard InChI is InChI=1S/C18H29N3O4S/c1-12(2)21(7)26(24,25)15-10-8-9-14(11-15)17(23)19-13(3)16(22)20-18(4,5)6/h8-13H,1-7H3,(H,19,23)(H,20,22). The van der Waals surface area contributed by atoms with Gasteiger partial charge in [0.1, 0.15) is 6.04 Å². The van der Waals surface area contributed by atoms with Gasteiger partial charge in [-0.1, -0.05) is 6.07 Å². The maximum absolute atomic E-state index is 12.6. The fraction of sp³-hybridized carbons (Fsp3) is 0.556. The molecule has 8 heteroatoms. The molecule has 2 amide bonds. The van der Waals surface area contributed by atoms with E-state index in [4.69, 9.17) is 0 Å². The Morgan fingerprint density at radius 3 is 2.19 bits per heavy atom. The Morgan fingerprint density at radius 2 is 1.69 bits per heavy atom. The van der Waals surface area contributed by atoms with Gasteiger partial charge in [-0.05, 0) is 59.7 Å². The van der Waals surface area contributed by atoms with E-state index in [0.717, 1.165) is 0 Å². The van der Waals surface area contributed by atoms with Crippen molar-refractivity contribution >= 4 is 21.8 Å². The zero-order chi connectivity index (χ0) is 20.3. The van der Waals surface area contributed by atoms with E-state index in [1.54, 1.807) is 20.8 Å². The predicted molar refractivity (Wildman–Crippen MR) is 101 cm³/mol. The minimum atomic E-state index is -3.69. The second-order valence-corrected chi connectivity index (χ2v) is 9.57. The van der Waals surface area contributed by atoms with Gasteiger partial charge in [-0.15, -0.1) is 0 Å². The van der Waals surface area contributed by atoms with Gasteiger partial charge in [0.25, 0.3) is 5.91 Å². The first-order valence-electron chi connectivity index (χ1n) is 8.46. The zero-order valence-corrected chi connectivity index (χ0v) is 17.3. The van der Waals surface area contributed by atoms with Crippen LogP contribution in [0.15, 0.2) is 29.2 Å². The number of carbonyl (C=O) groups is 2. The van der Waals surface area contributed by atoms with Gasteiger partial charge in [0.05, 0.1) is 4.90 Å². The van der Waals surface area contributed by atoms with E-state index < -0.39 is 27.5 Å². The Morgan fingerprint density at radius 1 is 1.12 bits per heavy atom. The van der Waals surface area contributed by atoms with Crippen molar-refractivity contribution in [3.8, 4) is 0 Å². The Labute approximate surface area is 156 Å². The maximum Gasteiger partial charge on any atom is 0.251 e. The number of hydrogen-bond donors (Lipinski definition) is 2. The van der Waals surface area contributed by atoms with Crippen molar-refractivity contribution in [2.24, 2.45) is 0 Å². The number of nitrogens with zero attached hydrogens (tertiary/aromatic N) is 1. The van der Waals surface area contributed by atoms with Gasteiger partial charge in [-0.2, -0.15) is 4.31 Å². The van der Waals surface area contributed by atoms with Crippen LogP contribution in [0.5, 0.6) is 0 Å². The molecule has 7 nitrogen and oxygen atoms in total. The van der Waals surface area contributed by atoms with Crippen LogP contribution < -0.4 is 10.6 Å². The SMILES string of the molecule is CC(NC(=O)c1cccc(S(=O)(=O)N(C)C(C)C)c1)C(=O)NC(C)(C)C. The molecule has 0 aliphatic rings. The lowest BCUT2D eigenvalue weighted by molar-refractivity contribution is -0.124. The molecule has 26 heavy (non-hydrogen) atoms. The largest absolute Gasteiger partial charge is 0.350 e. The Balaban J connectivity index is 2.98. The molecule has 0 aliphatic heterocycles. The van der Waals surface area contributed by atoms with Crippen LogP contribution in [0.2, 0.25) is 0 Å². The Bertz CT molecular complexity index is 767. The predicted octanol–water partition coefficient (Wildman–Crippen LogP) is 1.75. The molecule has 1 aromatic carbocycles. The fourth-order valence-electron chi connectivity index (χ4n) is 2.06. The van der Waals surface area contributed by atoms with Gasteiger partial charge in [0.2, 0.25) is 15.9 Å². The van der Waals surface area contributed by atoms with Gasteiger partial charge >= 0.3 is 0 Å². The van der Waals surface area contributed by atoms with Crippen LogP contribution in [0.25, 0.3) is 0 Å². The summed E-state index contributed by atoms with van der Waals surface area (Å²) >= 11 is 0. The van der Waals surface area contributed by atoms with Crippen LogP contribution >= 0.6 is 0 Å². The molecule has 0 saturated carbocycles. The molecular formula is C18H29N3O4S. The first-order chi connectivity index (χ1) is 11.8. The number of hydrogen-bond acceptors (Lipinski definition) is 4. The number of amides is 2. The summed E-state index contributed by atoms with van der Waals surface area (Å²) < 4.78 is 26.4. The summed E-state index contributed by atoms with van der Waals surface area (Å²) in [6, 6.07) is 4.83. The third-order valence-electron chi connectivity index (χ3n) is 3.74. The number of sulfonamides is 1. The average molecular weight is 384 g/mol.